The smallest absolute Gasteiger partial charge is 0.225 e. The van der Waals surface area contributed by atoms with Gasteiger partial charge in [-0.25, -0.2) is 4.98 Å². The highest BCUT2D eigenvalue weighted by atomic mass is 32.2. The minimum absolute atomic E-state index is 0.126. The summed E-state index contributed by atoms with van der Waals surface area (Å²) >= 11 is 2.94. The molecular formula is C26H24N4OS2. The lowest BCUT2D eigenvalue weighted by molar-refractivity contribution is -0.115. The van der Waals surface area contributed by atoms with Crippen molar-refractivity contribution in [1.82, 2.24) is 4.98 Å². The van der Waals surface area contributed by atoms with Crippen LogP contribution in [-0.2, 0) is 17.6 Å². The number of nitriles is 2. The van der Waals surface area contributed by atoms with Crippen molar-refractivity contribution in [3.05, 3.63) is 63.5 Å². The van der Waals surface area contributed by atoms with E-state index in [-0.39, 0.29) is 12.3 Å². The SMILES string of the molecule is Cc1ccc(-c2ccc(C#N)c(SCCC(=O)Nc3sc4c(c3C#N)CCC(C)C4)n2)cc1. The second-order valence-electron chi connectivity index (χ2n) is 8.34. The highest BCUT2D eigenvalue weighted by Gasteiger charge is 2.24. The van der Waals surface area contributed by atoms with Crippen molar-refractivity contribution in [1.29, 1.82) is 10.5 Å². The zero-order valence-electron chi connectivity index (χ0n) is 18.6. The maximum Gasteiger partial charge on any atom is 0.225 e. The van der Waals surface area contributed by atoms with E-state index in [4.69, 9.17) is 0 Å². The summed E-state index contributed by atoms with van der Waals surface area (Å²) in [7, 11) is 0. The third kappa shape index (κ3) is 5.27. The summed E-state index contributed by atoms with van der Waals surface area (Å²) in [6.45, 7) is 4.26. The van der Waals surface area contributed by atoms with E-state index in [0.717, 1.165) is 36.1 Å². The van der Waals surface area contributed by atoms with E-state index in [1.165, 1.54) is 33.5 Å². The van der Waals surface area contributed by atoms with Gasteiger partial charge in [-0.05, 0) is 49.8 Å². The Morgan fingerprint density at radius 1 is 1.21 bits per heavy atom. The Kier molecular flexibility index (Phi) is 7.13. The number of thiophene rings is 1. The maximum absolute atomic E-state index is 12.6. The molecule has 1 atom stereocenters. The van der Waals surface area contributed by atoms with Crippen LogP contribution in [0.4, 0.5) is 5.00 Å². The van der Waals surface area contributed by atoms with Gasteiger partial charge < -0.3 is 5.32 Å². The number of nitrogens with one attached hydrogen (secondary N) is 1. The van der Waals surface area contributed by atoms with E-state index >= 15 is 0 Å². The van der Waals surface area contributed by atoms with Gasteiger partial charge in [0.1, 0.15) is 22.2 Å². The summed E-state index contributed by atoms with van der Waals surface area (Å²) in [4.78, 5) is 18.5. The molecule has 1 amide bonds. The number of pyridine rings is 1. The van der Waals surface area contributed by atoms with Crippen LogP contribution in [0.5, 0.6) is 0 Å². The fraction of sp³-hybridized carbons (Fsp3) is 0.308. The van der Waals surface area contributed by atoms with E-state index in [2.05, 4.69) is 29.4 Å². The lowest BCUT2D eigenvalue weighted by Gasteiger charge is -2.17. The van der Waals surface area contributed by atoms with Gasteiger partial charge >= 0.3 is 0 Å². The van der Waals surface area contributed by atoms with Gasteiger partial charge in [0.25, 0.3) is 0 Å². The van der Waals surface area contributed by atoms with Crippen LogP contribution >= 0.6 is 23.1 Å². The first kappa shape index (κ1) is 23.0. The van der Waals surface area contributed by atoms with E-state index in [1.807, 2.05) is 37.3 Å². The lowest BCUT2D eigenvalue weighted by Crippen LogP contribution is -2.12. The van der Waals surface area contributed by atoms with Gasteiger partial charge in [0.2, 0.25) is 5.91 Å². The molecule has 0 spiro atoms. The molecule has 2 heterocycles. The van der Waals surface area contributed by atoms with E-state index in [1.54, 1.807) is 6.07 Å². The van der Waals surface area contributed by atoms with Crippen LogP contribution in [0, 0.1) is 35.5 Å². The molecule has 7 heteroatoms. The standard InChI is InChI=1S/C26H24N4OS2/c1-16-3-6-18(7-4-16)22-10-8-19(14-27)25(29-22)32-12-11-24(31)30-26-21(15-28)20-9-5-17(2)13-23(20)33-26/h3-4,6-8,10,17H,5,9,11-13H2,1-2H3,(H,30,31). The predicted molar refractivity (Wildman–Crippen MR) is 133 cm³/mol. The van der Waals surface area contributed by atoms with Gasteiger partial charge in [-0.2, -0.15) is 10.5 Å². The number of anilines is 1. The van der Waals surface area contributed by atoms with Gasteiger partial charge in [-0.3, -0.25) is 4.79 Å². The van der Waals surface area contributed by atoms with E-state index < -0.39 is 0 Å². The number of amides is 1. The van der Waals surface area contributed by atoms with E-state index in [0.29, 0.717) is 32.8 Å². The summed E-state index contributed by atoms with van der Waals surface area (Å²) < 4.78 is 0. The second kappa shape index (κ2) is 10.2. The first-order valence-corrected chi connectivity index (χ1v) is 12.7. The van der Waals surface area contributed by atoms with Gasteiger partial charge in [0.05, 0.1) is 16.8 Å². The van der Waals surface area contributed by atoms with Crippen LogP contribution in [0.2, 0.25) is 0 Å². The molecule has 5 nitrogen and oxygen atoms in total. The van der Waals surface area contributed by atoms with Crippen LogP contribution in [0.1, 0.15) is 46.9 Å². The summed E-state index contributed by atoms with van der Waals surface area (Å²) in [6.07, 6.45) is 3.23. The zero-order valence-corrected chi connectivity index (χ0v) is 20.3. The minimum atomic E-state index is -0.126. The second-order valence-corrected chi connectivity index (χ2v) is 10.5. The Bertz CT molecular complexity index is 1270. The zero-order chi connectivity index (χ0) is 23.4. The molecule has 1 aromatic carbocycles. The van der Waals surface area contributed by atoms with Crippen molar-refractivity contribution in [3.8, 4) is 23.4 Å². The van der Waals surface area contributed by atoms with Crippen LogP contribution < -0.4 is 5.32 Å². The van der Waals surface area contributed by atoms with Crippen LogP contribution in [0.3, 0.4) is 0 Å². The number of fused-ring (bicyclic) bond motifs is 1. The topological polar surface area (TPSA) is 89.6 Å². The third-order valence-electron chi connectivity index (χ3n) is 5.77. The first-order valence-electron chi connectivity index (χ1n) is 10.9. The highest BCUT2D eigenvalue weighted by Crippen LogP contribution is 2.39. The Morgan fingerprint density at radius 2 is 2.00 bits per heavy atom. The molecule has 2 aromatic heterocycles. The summed E-state index contributed by atoms with van der Waals surface area (Å²) in [5.41, 5.74) is 5.21. The number of benzene rings is 1. The number of thioether (sulfide) groups is 1. The van der Waals surface area contributed by atoms with Crippen molar-refractivity contribution >= 4 is 34.0 Å². The largest absolute Gasteiger partial charge is 0.317 e. The lowest BCUT2D eigenvalue weighted by atomic mass is 9.89. The van der Waals surface area contributed by atoms with Crippen molar-refractivity contribution in [2.24, 2.45) is 5.92 Å². The molecule has 0 saturated heterocycles. The van der Waals surface area contributed by atoms with Crippen LogP contribution in [0.25, 0.3) is 11.3 Å². The molecule has 0 fully saturated rings. The normalized spacial score (nSPS) is 14.7. The number of rotatable bonds is 6. The fourth-order valence-electron chi connectivity index (χ4n) is 3.91. The maximum atomic E-state index is 12.6. The molecule has 1 N–H and O–H groups in total. The molecule has 33 heavy (non-hydrogen) atoms. The van der Waals surface area contributed by atoms with E-state index in [9.17, 15) is 15.3 Å². The van der Waals surface area contributed by atoms with Crippen molar-refractivity contribution in [3.63, 3.8) is 0 Å². The molecule has 0 saturated carbocycles. The number of aromatic nitrogens is 1. The summed E-state index contributed by atoms with van der Waals surface area (Å²) in [6, 6.07) is 16.2. The average Bonchev–Trinajstić information content (AvgIpc) is 3.15. The number of carbonyl (C=O) groups excluding carboxylic acids is 1. The highest BCUT2D eigenvalue weighted by molar-refractivity contribution is 7.99. The van der Waals surface area contributed by atoms with Crippen LogP contribution in [0.15, 0.2) is 41.4 Å². The molecule has 1 unspecified atom stereocenters. The quantitative estimate of drug-likeness (QED) is 0.437. The third-order valence-corrected chi connectivity index (χ3v) is 7.94. The molecule has 1 aliphatic carbocycles. The van der Waals surface area contributed by atoms with Gasteiger partial charge in [-0.15, -0.1) is 23.1 Å². The summed E-state index contributed by atoms with van der Waals surface area (Å²) in [5, 5.41) is 23.3. The van der Waals surface area contributed by atoms with Gasteiger partial charge in [0.15, 0.2) is 0 Å². The molecule has 3 aromatic rings. The molecule has 0 bridgehead atoms. The van der Waals surface area contributed by atoms with Gasteiger partial charge in [0, 0.05) is 22.6 Å². The minimum Gasteiger partial charge on any atom is -0.317 e. The number of hydrogen-bond donors (Lipinski definition) is 1. The first-order chi connectivity index (χ1) is 16.0. The summed E-state index contributed by atoms with van der Waals surface area (Å²) in [5.74, 6) is 0.980. The van der Waals surface area contributed by atoms with Crippen molar-refractivity contribution in [2.75, 3.05) is 11.1 Å². The molecule has 0 radical (unpaired) electrons. The van der Waals surface area contributed by atoms with Crippen molar-refractivity contribution < 1.29 is 4.79 Å². The Balaban J connectivity index is 1.41. The monoisotopic (exact) mass is 472 g/mol. The molecule has 166 valence electrons. The van der Waals surface area contributed by atoms with Gasteiger partial charge in [-0.1, -0.05) is 36.8 Å². The molecule has 1 aliphatic rings. The van der Waals surface area contributed by atoms with Crippen molar-refractivity contribution in [2.45, 2.75) is 44.6 Å². The molecular weight excluding hydrogens is 448 g/mol. The van der Waals surface area contributed by atoms with Crippen LogP contribution in [-0.4, -0.2) is 16.6 Å². The average molecular weight is 473 g/mol. The number of aryl methyl sites for hydroxylation is 1. The number of carbonyl (C=O) groups is 1. The number of hydrogen-bond acceptors (Lipinski definition) is 6. The Morgan fingerprint density at radius 3 is 2.73 bits per heavy atom. The number of nitrogens with zero attached hydrogens (tertiary/aromatic N) is 3. The molecule has 4 rings (SSSR count). The Hall–Kier alpha value is -3.13. The Labute approximate surface area is 202 Å². The predicted octanol–water partition coefficient (Wildman–Crippen LogP) is 6.11. The molecule has 0 aliphatic heterocycles. The fourth-order valence-corrected chi connectivity index (χ4v) is 6.20.